The van der Waals surface area contributed by atoms with Crippen LogP contribution in [0.4, 0.5) is 13.8 Å². The molecule has 3 aromatic rings. The molecule has 0 aliphatic heterocycles. The van der Waals surface area contributed by atoms with E-state index in [4.69, 9.17) is 11.6 Å². The molecule has 0 fully saturated rings. The highest BCUT2D eigenvalue weighted by Gasteiger charge is 2.24. The highest BCUT2D eigenvalue weighted by Crippen LogP contribution is 2.36. The summed E-state index contributed by atoms with van der Waals surface area (Å²) in [7, 11) is 2.31. The number of hydrogen-bond donors (Lipinski definition) is 2. The Labute approximate surface area is 190 Å². The maximum atomic E-state index is 13.5. The fourth-order valence-corrected chi connectivity index (χ4v) is 4.55. The molecule has 2 unspecified atom stereocenters. The molecule has 0 saturated carbocycles. The van der Waals surface area contributed by atoms with E-state index in [9.17, 15) is 23.5 Å². The lowest BCUT2D eigenvalue weighted by Crippen LogP contribution is -2.25. The number of benzene rings is 2. The molecule has 0 aliphatic carbocycles. The second-order valence-electron chi connectivity index (χ2n) is 6.32. The molecule has 1 aromatic heterocycles. The first kappa shape index (κ1) is 22.8. The van der Waals surface area contributed by atoms with Crippen molar-refractivity contribution in [1.29, 1.82) is 0 Å². The summed E-state index contributed by atoms with van der Waals surface area (Å²) in [6.07, 6.45) is 0.0277. The Bertz CT molecular complexity index is 1120. The summed E-state index contributed by atoms with van der Waals surface area (Å²) < 4.78 is 27.6. The van der Waals surface area contributed by atoms with Gasteiger partial charge in [0.25, 0.3) is 0 Å². The first-order valence-electron chi connectivity index (χ1n) is 8.48. The summed E-state index contributed by atoms with van der Waals surface area (Å²) in [6, 6.07) is 8.93. The number of aromatic carboxylic acids is 1. The van der Waals surface area contributed by atoms with Gasteiger partial charge < -0.3 is 10.4 Å². The Morgan fingerprint density at radius 2 is 1.83 bits per heavy atom. The van der Waals surface area contributed by atoms with Gasteiger partial charge in [-0.1, -0.05) is 39.7 Å². The van der Waals surface area contributed by atoms with Crippen molar-refractivity contribution < 1.29 is 23.5 Å². The summed E-state index contributed by atoms with van der Waals surface area (Å²) in [6.45, 7) is 0. The number of nitrogens with one attached hydrogen (secondary N) is 1. The predicted octanol–water partition coefficient (Wildman–Crippen LogP) is 6.23. The van der Waals surface area contributed by atoms with E-state index in [1.807, 2.05) is 0 Å². The Morgan fingerprint density at radius 1 is 1.20 bits per heavy atom. The summed E-state index contributed by atoms with van der Waals surface area (Å²) >= 11 is 10.4. The van der Waals surface area contributed by atoms with Crippen LogP contribution in [0.1, 0.15) is 15.9 Å². The van der Waals surface area contributed by atoms with Crippen molar-refractivity contribution in [3.05, 3.63) is 74.0 Å². The van der Waals surface area contributed by atoms with Gasteiger partial charge in [0.2, 0.25) is 5.91 Å². The number of halogens is 4. The molecule has 0 spiro atoms. The summed E-state index contributed by atoms with van der Waals surface area (Å²) in [5, 5.41) is 14.2. The van der Waals surface area contributed by atoms with Crippen molar-refractivity contribution in [2.45, 2.75) is 12.1 Å². The average Bonchev–Trinajstić information content (AvgIpc) is 3.10. The predicted molar refractivity (Wildman–Crippen MR) is 122 cm³/mol. The normalized spacial score (nSPS) is 11.9. The lowest BCUT2D eigenvalue weighted by molar-refractivity contribution is -0.115. The van der Waals surface area contributed by atoms with Crippen molar-refractivity contribution in [2.24, 2.45) is 0 Å². The van der Waals surface area contributed by atoms with E-state index in [1.54, 1.807) is 29.6 Å². The van der Waals surface area contributed by atoms with Crippen molar-refractivity contribution >= 4 is 65.0 Å². The molecule has 0 radical (unpaired) electrons. The molecule has 4 nitrogen and oxygen atoms in total. The fourth-order valence-electron chi connectivity index (χ4n) is 2.76. The first-order chi connectivity index (χ1) is 14.2. The average molecular weight is 533 g/mol. The molecule has 0 bridgehead atoms. The second-order valence-corrected chi connectivity index (χ2v) is 9.33. The van der Waals surface area contributed by atoms with Crippen LogP contribution in [-0.2, 0) is 11.2 Å². The zero-order valence-corrected chi connectivity index (χ0v) is 19.4. The van der Waals surface area contributed by atoms with Gasteiger partial charge in [0.05, 0.1) is 5.66 Å². The summed E-state index contributed by atoms with van der Waals surface area (Å²) in [5.41, 5.74) is 0.694. The first-order valence-corrected chi connectivity index (χ1v) is 11.2. The summed E-state index contributed by atoms with van der Waals surface area (Å²) in [4.78, 5) is 24.5. The molecule has 3 rings (SSSR count). The molecule has 2 aromatic carbocycles. The van der Waals surface area contributed by atoms with Crippen molar-refractivity contribution in [3.63, 3.8) is 0 Å². The monoisotopic (exact) mass is 531 g/mol. The minimum Gasteiger partial charge on any atom is -0.478 e. The molecular weight excluding hydrogens is 519 g/mol. The molecule has 30 heavy (non-hydrogen) atoms. The zero-order chi connectivity index (χ0) is 22.0. The molecule has 1 amide bonds. The van der Waals surface area contributed by atoms with E-state index in [0.29, 0.717) is 11.1 Å². The number of rotatable bonds is 6. The van der Waals surface area contributed by atoms with Gasteiger partial charge in [0, 0.05) is 20.4 Å². The molecule has 1 heterocycles. The van der Waals surface area contributed by atoms with Gasteiger partial charge >= 0.3 is 5.97 Å². The Balaban J connectivity index is 1.82. The maximum absolute atomic E-state index is 13.5. The van der Waals surface area contributed by atoms with Crippen LogP contribution < -0.4 is 5.32 Å². The van der Waals surface area contributed by atoms with Crippen molar-refractivity contribution in [3.8, 4) is 11.1 Å². The lowest BCUT2D eigenvalue weighted by Gasteiger charge is -2.13. The Morgan fingerprint density at radius 3 is 2.47 bits per heavy atom. The molecule has 2 N–H and O–H groups in total. The number of anilines is 1. The number of carbonyl (C=O) groups excluding carboxylic acids is 1. The van der Waals surface area contributed by atoms with E-state index in [0.717, 1.165) is 27.9 Å². The maximum Gasteiger partial charge on any atom is 0.339 e. The molecule has 0 aliphatic rings. The minimum absolute atomic E-state index is 0.00835. The number of carbonyl (C=O) groups is 2. The fraction of sp³-hybridized carbons (Fsp3) is 0.100. The van der Waals surface area contributed by atoms with Gasteiger partial charge in [-0.3, -0.25) is 4.79 Å². The highest BCUT2D eigenvalue weighted by atomic mass is 79.9. The van der Waals surface area contributed by atoms with E-state index in [1.165, 1.54) is 0 Å². The van der Waals surface area contributed by atoms with E-state index in [2.05, 4.69) is 30.5 Å². The van der Waals surface area contributed by atoms with Crippen LogP contribution in [0.15, 0.2) is 46.3 Å². The molecule has 156 valence electrons. The van der Waals surface area contributed by atoms with Crippen molar-refractivity contribution in [1.82, 2.24) is 0 Å². The van der Waals surface area contributed by atoms with Crippen LogP contribution in [0.25, 0.3) is 11.1 Å². The van der Waals surface area contributed by atoms with E-state index >= 15 is 0 Å². The molecule has 2 atom stereocenters. The van der Waals surface area contributed by atoms with Crippen LogP contribution in [0.5, 0.6) is 0 Å². The van der Waals surface area contributed by atoms with E-state index in [-0.39, 0.29) is 27.6 Å². The zero-order valence-electron chi connectivity index (χ0n) is 15.1. The Kier molecular flexibility index (Phi) is 7.24. The second kappa shape index (κ2) is 9.52. The minimum atomic E-state index is -1.17. The third-order valence-corrected chi connectivity index (χ3v) is 6.58. The third kappa shape index (κ3) is 5.06. The third-order valence-electron chi connectivity index (χ3n) is 4.26. The van der Waals surface area contributed by atoms with Gasteiger partial charge in [0.15, 0.2) is 11.6 Å². The van der Waals surface area contributed by atoms with Gasteiger partial charge in [-0.15, -0.1) is 20.6 Å². The molecule has 0 saturated heterocycles. The highest BCUT2D eigenvalue weighted by molar-refractivity contribution is 9.10. The van der Waals surface area contributed by atoms with Crippen LogP contribution in [-0.4, -0.2) is 22.6 Å². The number of thiophene rings is 1. The van der Waals surface area contributed by atoms with Crippen LogP contribution in [0.3, 0.4) is 0 Å². The van der Waals surface area contributed by atoms with Gasteiger partial charge in [-0.25, -0.2) is 13.6 Å². The SMILES string of the molecule is O=C(O)c1c(-c2ccc(Br)cc2)csc1NC(=O)C(P)Cc1cc(F)c(F)cc1Cl. The number of carboxylic acids is 1. The Hall–Kier alpha value is -1.86. The van der Waals surface area contributed by atoms with Crippen LogP contribution >= 0.6 is 48.1 Å². The quantitative estimate of drug-likeness (QED) is 0.292. The number of carboxylic acid groups (broad SMARTS) is 1. The smallest absolute Gasteiger partial charge is 0.339 e. The number of hydrogen-bond acceptors (Lipinski definition) is 3. The van der Waals surface area contributed by atoms with Gasteiger partial charge in [-0.05, 0) is 41.8 Å². The standard InChI is InChI=1S/C20H14BrClF2NO3PS/c21-11-3-1-9(2-4-11)12-8-30-19(17(12)20(27)28)25-18(26)16(29)6-10-5-14(23)15(24)7-13(10)22/h1-5,7-8,16H,6,29H2,(H,25,26)(H,27,28). The van der Waals surface area contributed by atoms with Crippen molar-refractivity contribution in [2.75, 3.05) is 5.32 Å². The van der Waals surface area contributed by atoms with Crippen LogP contribution in [0, 0.1) is 11.6 Å². The van der Waals surface area contributed by atoms with Gasteiger partial charge in [-0.2, -0.15) is 0 Å². The van der Waals surface area contributed by atoms with Crippen LogP contribution in [0.2, 0.25) is 5.02 Å². The molecule has 10 heteroatoms. The topological polar surface area (TPSA) is 66.4 Å². The molecular formula is C20H14BrClF2NO3PS. The summed E-state index contributed by atoms with van der Waals surface area (Å²) in [5.74, 6) is -3.79. The largest absolute Gasteiger partial charge is 0.478 e. The van der Waals surface area contributed by atoms with E-state index < -0.39 is 29.2 Å². The lowest BCUT2D eigenvalue weighted by atomic mass is 10.0. The number of amides is 1. The van der Waals surface area contributed by atoms with Gasteiger partial charge in [0.1, 0.15) is 10.6 Å².